The van der Waals surface area contributed by atoms with Crippen molar-refractivity contribution in [3.63, 3.8) is 0 Å². The molecule has 0 amide bonds. The molecule has 0 saturated carbocycles. The molecule has 0 fully saturated rings. The Bertz CT molecular complexity index is 1270. The molecule has 2 heterocycles. The van der Waals surface area contributed by atoms with Crippen molar-refractivity contribution in [3.05, 3.63) is 77.4 Å². The zero-order valence-electron chi connectivity index (χ0n) is 19.2. The van der Waals surface area contributed by atoms with E-state index >= 15 is 0 Å². The molecule has 2 aliphatic heterocycles. The summed E-state index contributed by atoms with van der Waals surface area (Å²) in [6.07, 6.45) is 0.574. The third-order valence-electron chi connectivity index (χ3n) is 6.11. The van der Waals surface area contributed by atoms with Gasteiger partial charge in [-0.05, 0) is 42.0 Å². The number of hydrogen-bond donors (Lipinski definition) is 5. The van der Waals surface area contributed by atoms with Crippen LogP contribution < -0.4 is 18.9 Å². The topological polar surface area (TPSA) is 138 Å². The Morgan fingerprint density at radius 1 is 0.611 bits per heavy atom. The minimum atomic E-state index is -0.747. The molecular weight excluding hydrogens is 468 g/mol. The SMILES string of the molecule is OCC=Cc1ccc2c(c1)O[C@H](c1ccc3c(c1)O[C@H](c1ccc(O)c(O)c1)[C@@H](CO)O3)[C@@H](CO)O2. The Balaban J connectivity index is 1.45. The summed E-state index contributed by atoms with van der Waals surface area (Å²) in [4.78, 5) is 0. The van der Waals surface area contributed by atoms with Crippen LogP contribution in [0.1, 0.15) is 28.9 Å². The first-order valence-electron chi connectivity index (χ1n) is 11.5. The molecular formula is C27H26O9. The van der Waals surface area contributed by atoms with Crippen molar-refractivity contribution in [1.29, 1.82) is 0 Å². The van der Waals surface area contributed by atoms with Gasteiger partial charge >= 0.3 is 0 Å². The lowest BCUT2D eigenvalue weighted by Crippen LogP contribution is -2.37. The average molecular weight is 494 g/mol. The van der Waals surface area contributed by atoms with Crippen LogP contribution in [0.25, 0.3) is 6.08 Å². The smallest absolute Gasteiger partial charge is 0.163 e. The molecule has 36 heavy (non-hydrogen) atoms. The van der Waals surface area contributed by atoms with Crippen LogP contribution in [0.3, 0.4) is 0 Å². The van der Waals surface area contributed by atoms with E-state index in [1.165, 1.54) is 12.1 Å². The molecule has 5 rings (SSSR count). The number of fused-ring (bicyclic) bond motifs is 2. The maximum atomic E-state index is 9.99. The van der Waals surface area contributed by atoms with Crippen molar-refractivity contribution in [2.45, 2.75) is 24.4 Å². The first-order chi connectivity index (χ1) is 17.5. The highest BCUT2D eigenvalue weighted by Crippen LogP contribution is 2.45. The van der Waals surface area contributed by atoms with Gasteiger partial charge in [-0.2, -0.15) is 0 Å². The van der Waals surface area contributed by atoms with Crippen LogP contribution in [0.5, 0.6) is 34.5 Å². The maximum Gasteiger partial charge on any atom is 0.163 e. The van der Waals surface area contributed by atoms with E-state index in [0.29, 0.717) is 34.1 Å². The summed E-state index contributed by atoms with van der Waals surface area (Å²) in [5.41, 5.74) is 2.01. The minimum absolute atomic E-state index is 0.0806. The van der Waals surface area contributed by atoms with E-state index in [-0.39, 0.29) is 31.3 Å². The Kier molecular flexibility index (Phi) is 6.60. The van der Waals surface area contributed by atoms with Crippen LogP contribution in [-0.2, 0) is 0 Å². The third-order valence-corrected chi connectivity index (χ3v) is 6.11. The molecule has 2 aliphatic rings. The molecule has 0 aromatic heterocycles. The molecule has 0 radical (unpaired) electrons. The maximum absolute atomic E-state index is 9.99. The number of phenols is 2. The number of hydrogen-bond acceptors (Lipinski definition) is 9. The van der Waals surface area contributed by atoms with E-state index < -0.39 is 24.4 Å². The lowest BCUT2D eigenvalue weighted by atomic mass is 10.00. The van der Waals surface area contributed by atoms with Crippen LogP contribution in [0.15, 0.2) is 60.7 Å². The van der Waals surface area contributed by atoms with E-state index in [1.54, 1.807) is 48.6 Å². The number of aliphatic hydroxyl groups is 3. The fraction of sp³-hybridized carbons (Fsp3) is 0.259. The summed E-state index contributed by atoms with van der Waals surface area (Å²) >= 11 is 0. The first-order valence-corrected chi connectivity index (χ1v) is 11.5. The molecule has 3 aromatic rings. The summed E-state index contributed by atoms with van der Waals surface area (Å²) in [6.45, 7) is -0.695. The summed E-state index contributed by atoms with van der Waals surface area (Å²) in [5.74, 6) is 1.24. The van der Waals surface area contributed by atoms with Crippen molar-refractivity contribution in [3.8, 4) is 34.5 Å². The average Bonchev–Trinajstić information content (AvgIpc) is 2.91. The number of phenolic OH excluding ortho intramolecular Hbond substituents is 2. The normalized spacial score (nSPS) is 22.5. The third kappa shape index (κ3) is 4.51. The standard InChI is InChI=1S/C27H26O9/c28-9-1-2-15-3-7-20-22(10-15)35-27(25(14-30)33-20)17-5-8-21-23(12-17)36-26(24(13-29)34-21)16-4-6-18(31)19(32)11-16/h1-8,10-12,24-32H,9,13-14H2/t24-,25-,26-,27-/m1/s1. The van der Waals surface area contributed by atoms with Gasteiger partial charge in [0.25, 0.3) is 0 Å². The molecule has 0 unspecified atom stereocenters. The highest BCUT2D eigenvalue weighted by molar-refractivity contribution is 5.57. The Morgan fingerprint density at radius 3 is 1.81 bits per heavy atom. The van der Waals surface area contributed by atoms with E-state index in [4.69, 9.17) is 24.1 Å². The zero-order valence-corrected chi connectivity index (χ0v) is 19.2. The Hall–Kier alpha value is -3.92. The van der Waals surface area contributed by atoms with Crippen molar-refractivity contribution >= 4 is 6.08 Å². The van der Waals surface area contributed by atoms with Gasteiger partial charge in [0.15, 0.2) is 58.9 Å². The van der Waals surface area contributed by atoms with Gasteiger partial charge in [0, 0.05) is 11.1 Å². The van der Waals surface area contributed by atoms with Gasteiger partial charge in [0.2, 0.25) is 0 Å². The van der Waals surface area contributed by atoms with Gasteiger partial charge in [-0.3, -0.25) is 0 Å². The van der Waals surface area contributed by atoms with E-state index in [1.807, 2.05) is 6.07 Å². The number of rotatable bonds is 6. The van der Waals surface area contributed by atoms with Gasteiger partial charge in [0.1, 0.15) is 0 Å². The van der Waals surface area contributed by atoms with Crippen LogP contribution in [0.4, 0.5) is 0 Å². The predicted molar refractivity (Wildman–Crippen MR) is 129 cm³/mol. The molecule has 0 saturated heterocycles. The fourth-order valence-electron chi connectivity index (χ4n) is 4.32. The highest BCUT2D eigenvalue weighted by atomic mass is 16.6. The van der Waals surface area contributed by atoms with Crippen molar-refractivity contribution in [1.82, 2.24) is 0 Å². The van der Waals surface area contributed by atoms with Crippen molar-refractivity contribution < 1.29 is 44.5 Å². The first kappa shape index (κ1) is 23.8. The molecule has 0 aliphatic carbocycles. The lowest BCUT2D eigenvalue weighted by Gasteiger charge is -2.36. The summed E-state index contributed by atoms with van der Waals surface area (Å²) in [5, 5.41) is 48.5. The molecule has 9 heteroatoms. The number of ether oxygens (including phenoxy) is 4. The largest absolute Gasteiger partial charge is 0.504 e. The molecule has 9 nitrogen and oxygen atoms in total. The fourth-order valence-corrected chi connectivity index (χ4v) is 4.32. The van der Waals surface area contributed by atoms with Gasteiger partial charge in [-0.25, -0.2) is 0 Å². The van der Waals surface area contributed by atoms with Gasteiger partial charge < -0.3 is 44.5 Å². The monoisotopic (exact) mass is 494 g/mol. The Labute approximate surface area is 207 Å². The van der Waals surface area contributed by atoms with Gasteiger partial charge in [0.05, 0.1) is 19.8 Å². The van der Waals surface area contributed by atoms with Crippen LogP contribution in [-0.4, -0.2) is 57.6 Å². The molecule has 3 aromatic carbocycles. The van der Waals surface area contributed by atoms with Crippen molar-refractivity contribution in [2.24, 2.45) is 0 Å². The van der Waals surface area contributed by atoms with Crippen LogP contribution in [0.2, 0.25) is 0 Å². The predicted octanol–water partition coefficient (Wildman–Crippen LogP) is 2.85. The second-order valence-electron chi connectivity index (χ2n) is 8.50. The second-order valence-corrected chi connectivity index (χ2v) is 8.50. The van der Waals surface area contributed by atoms with E-state index in [0.717, 1.165) is 5.56 Å². The molecule has 5 N–H and O–H groups in total. The van der Waals surface area contributed by atoms with Gasteiger partial charge in [-0.1, -0.05) is 30.4 Å². The Morgan fingerprint density at radius 2 is 1.19 bits per heavy atom. The van der Waals surface area contributed by atoms with Gasteiger partial charge in [-0.15, -0.1) is 0 Å². The molecule has 188 valence electrons. The summed E-state index contributed by atoms with van der Waals surface area (Å²) < 4.78 is 24.4. The molecule has 0 bridgehead atoms. The highest BCUT2D eigenvalue weighted by Gasteiger charge is 2.36. The minimum Gasteiger partial charge on any atom is -0.504 e. The van der Waals surface area contributed by atoms with E-state index in [2.05, 4.69) is 0 Å². The number of benzene rings is 3. The van der Waals surface area contributed by atoms with Crippen LogP contribution in [0, 0.1) is 0 Å². The van der Waals surface area contributed by atoms with E-state index in [9.17, 15) is 20.4 Å². The number of aromatic hydroxyl groups is 2. The quantitative estimate of drug-likeness (QED) is 0.328. The van der Waals surface area contributed by atoms with Crippen molar-refractivity contribution in [2.75, 3.05) is 19.8 Å². The molecule has 0 spiro atoms. The number of aliphatic hydroxyl groups excluding tert-OH is 3. The zero-order chi connectivity index (χ0) is 25.2. The molecule has 4 atom stereocenters. The lowest BCUT2D eigenvalue weighted by molar-refractivity contribution is -0.0173. The summed E-state index contributed by atoms with van der Waals surface area (Å²) in [7, 11) is 0. The second kappa shape index (κ2) is 9.98. The summed E-state index contributed by atoms with van der Waals surface area (Å²) in [6, 6.07) is 14.9. The van der Waals surface area contributed by atoms with Crippen LogP contribution >= 0.6 is 0 Å².